The molecule has 1 aromatic heterocycles. The van der Waals surface area contributed by atoms with Crippen molar-refractivity contribution in [3.05, 3.63) is 105 Å². The summed E-state index contributed by atoms with van der Waals surface area (Å²) in [5, 5.41) is 19.5. The van der Waals surface area contributed by atoms with E-state index < -0.39 is 64.3 Å². The largest absolute Gasteiger partial charge is 0.488 e. The monoisotopic (exact) mass is 1050 g/mol. The third kappa shape index (κ3) is 8.67. The molecule has 4 aromatic carbocycles. The van der Waals surface area contributed by atoms with E-state index in [1.54, 1.807) is 7.05 Å². The van der Waals surface area contributed by atoms with Gasteiger partial charge in [-0.1, -0.05) is 48.9 Å². The van der Waals surface area contributed by atoms with Crippen LogP contribution in [-0.2, 0) is 22.2 Å². The highest BCUT2D eigenvalue weighted by Crippen LogP contribution is 2.57. The van der Waals surface area contributed by atoms with Crippen LogP contribution in [0.3, 0.4) is 0 Å². The summed E-state index contributed by atoms with van der Waals surface area (Å²) in [7, 11) is 1.55. The van der Waals surface area contributed by atoms with Gasteiger partial charge in [-0.2, -0.15) is 5.10 Å². The lowest BCUT2D eigenvalue weighted by molar-refractivity contribution is -0.141. The van der Waals surface area contributed by atoms with Crippen LogP contribution in [0.4, 0.5) is 28.2 Å². The van der Waals surface area contributed by atoms with Gasteiger partial charge in [-0.05, 0) is 100 Å². The van der Waals surface area contributed by atoms with E-state index in [1.807, 2.05) is 37.3 Å². The number of nitrogens with zero attached hydrogens (tertiary/aromatic N) is 5. The number of carbonyl (C=O) groups excluding carboxylic acids is 4. The van der Waals surface area contributed by atoms with E-state index in [0.717, 1.165) is 24.9 Å². The Balaban J connectivity index is 0.749. The van der Waals surface area contributed by atoms with Crippen molar-refractivity contribution in [3.63, 3.8) is 0 Å². The van der Waals surface area contributed by atoms with Gasteiger partial charge in [0.05, 0.1) is 28.1 Å². The third-order valence-corrected chi connectivity index (χ3v) is 17.5. The highest BCUT2D eigenvalue weighted by Gasteiger charge is 2.59. The molecule has 5 N–H and O–H groups in total. The zero-order valence-corrected chi connectivity index (χ0v) is 42.5. The summed E-state index contributed by atoms with van der Waals surface area (Å²) in [5.74, 6) is -5.19. The number of nitrogens with one attached hydrogen (secondary N) is 2. The molecule has 4 saturated heterocycles. The average molecular weight is 1060 g/mol. The number of urea groups is 1. The molecule has 75 heavy (non-hydrogen) atoms. The summed E-state index contributed by atoms with van der Waals surface area (Å²) in [6.07, 6.45) is 5.75. The molecule has 2 unspecified atom stereocenters. The molecule has 396 valence electrons. The number of benzene rings is 4. The molecule has 12 rings (SSSR count). The van der Waals surface area contributed by atoms with Crippen molar-refractivity contribution < 1.29 is 51.3 Å². The van der Waals surface area contributed by atoms with E-state index in [0.29, 0.717) is 69.6 Å². The van der Waals surface area contributed by atoms with E-state index >= 15 is 17.6 Å². The number of halogens is 5. The van der Waals surface area contributed by atoms with Crippen LogP contribution in [0.1, 0.15) is 104 Å². The normalized spacial score (nSPS) is 25.8. The summed E-state index contributed by atoms with van der Waals surface area (Å²) in [5.41, 5.74) is 4.98. The minimum absolute atomic E-state index is 0.00847. The number of piperidine rings is 1. The Kier molecular flexibility index (Phi) is 13.4. The second kappa shape index (κ2) is 19.7. The van der Waals surface area contributed by atoms with E-state index in [9.17, 15) is 24.3 Å². The predicted molar refractivity (Wildman–Crippen MR) is 271 cm³/mol. The Hall–Kier alpha value is -6.28. The molecule has 0 spiro atoms. The van der Waals surface area contributed by atoms with Gasteiger partial charge in [0.1, 0.15) is 29.5 Å². The fraction of sp³-hybridized carbons (Fsp3) is 0.473. The summed E-state index contributed by atoms with van der Waals surface area (Å²) < 4.78 is 78.4. The number of aliphatic hydroxyl groups excluding tert-OH is 1. The number of anilines is 1. The van der Waals surface area contributed by atoms with Gasteiger partial charge in [-0.3, -0.25) is 29.3 Å². The van der Waals surface area contributed by atoms with Gasteiger partial charge in [-0.25, -0.2) is 22.4 Å². The Morgan fingerprint density at radius 3 is 2.37 bits per heavy atom. The quantitative estimate of drug-likeness (QED) is 0.0802. The van der Waals surface area contributed by atoms with Gasteiger partial charge in [-0.15, -0.1) is 0 Å². The summed E-state index contributed by atoms with van der Waals surface area (Å²) in [6.45, 7) is 4.23. The summed E-state index contributed by atoms with van der Waals surface area (Å²) in [6, 6.07) is 13.7. The minimum atomic E-state index is -1.15. The number of ether oxygens (including phenoxy) is 2. The Bertz CT molecular complexity index is 3120. The van der Waals surface area contributed by atoms with Crippen LogP contribution < -0.4 is 30.7 Å². The molecular formula is C55H59ClF4N8O7. The lowest BCUT2D eigenvalue weighted by Crippen LogP contribution is -2.58. The zero-order chi connectivity index (χ0) is 52.7. The smallest absolute Gasteiger partial charge is 0.329 e. The number of likely N-dealkylation sites (tertiary alicyclic amines) is 1. The summed E-state index contributed by atoms with van der Waals surface area (Å²) in [4.78, 5) is 57.4. The van der Waals surface area contributed by atoms with Gasteiger partial charge < -0.3 is 35.4 Å². The van der Waals surface area contributed by atoms with Crippen molar-refractivity contribution >= 4 is 52.1 Å². The number of aliphatic hydroxyl groups is 1. The number of hydrogen-bond acceptors (Lipinski definition) is 10. The van der Waals surface area contributed by atoms with Crippen LogP contribution in [0.25, 0.3) is 22.0 Å². The molecule has 5 aromatic rings. The molecule has 6 fully saturated rings. The van der Waals surface area contributed by atoms with Crippen molar-refractivity contribution in [2.24, 2.45) is 24.6 Å². The molecular weight excluding hydrogens is 996 g/mol. The number of hydrogen-bond donors (Lipinski definition) is 4. The van der Waals surface area contributed by atoms with Crippen LogP contribution in [0, 0.1) is 35.1 Å². The number of fused-ring (bicyclic) bond motifs is 3. The number of amides is 5. The van der Waals surface area contributed by atoms with Crippen LogP contribution >= 0.6 is 11.6 Å². The zero-order valence-electron chi connectivity index (χ0n) is 41.7. The summed E-state index contributed by atoms with van der Waals surface area (Å²) >= 11 is 6.73. The Morgan fingerprint density at radius 2 is 1.68 bits per heavy atom. The topological polar surface area (TPSA) is 185 Å². The number of aromatic nitrogens is 2. The van der Waals surface area contributed by atoms with Crippen molar-refractivity contribution in [3.8, 4) is 22.6 Å². The van der Waals surface area contributed by atoms with E-state index in [-0.39, 0.29) is 106 Å². The van der Waals surface area contributed by atoms with Crippen LogP contribution in [0.15, 0.2) is 54.6 Å². The van der Waals surface area contributed by atoms with Gasteiger partial charge in [0.15, 0.2) is 28.8 Å². The van der Waals surface area contributed by atoms with Crippen molar-refractivity contribution in [2.75, 3.05) is 57.4 Å². The van der Waals surface area contributed by atoms with E-state index in [1.165, 1.54) is 33.8 Å². The predicted octanol–water partition coefficient (Wildman–Crippen LogP) is 7.78. The van der Waals surface area contributed by atoms with Gasteiger partial charge >= 0.3 is 6.03 Å². The first kappa shape index (κ1) is 50.9. The first-order chi connectivity index (χ1) is 36.0. The SMILES string of the molecule is CC1c2c(cc(F)c(Cl)c2-c2c(C(N)=O)ccc(OCCO)c2F)OC1(CNC1CCC(C(=O)N2CC3CC2(CN2CCC(c4c(F)cc5c(N6CCC(=O)NC6=O)nn(C)c5c4F)CC2)C3)CC1)c1ccccc1. The first-order valence-electron chi connectivity index (χ1n) is 25.9. The maximum absolute atomic E-state index is 16.5. The van der Waals surface area contributed by atoms with Crippen molar-refractivity contribution in [2.45, 2.75) is 93.7 Å². The van der Waals surface area contributed by atoms with E-state index in [4.69, 9.17) is 26.8 Å². The van der Waals surface area contributed by atoms with Crippen molar-refractivity contribution in [1.29, 1.82) is 0 Å². The lowest BCUT2D eigenvalue weighted by Gasteiger charge is -2.47. The fourth-order valence-electron chi connectivity index (χ4n) is 13.4. The van der Waals surface area contributed by atoms with Gasteiger partial charge in [0.25, 0.3) is 0 Å². The van der Waals surface area contributed by atoms with Crippen LogP contribution in [0.2, 0.25) is 5.02 Å². The molecule has 0 radical (unpaired) electrons. The maximum atomic E-state index is 16.5. The maximum Gasteiger partial charge on any atom is 0.329 e. The Morgan fingerprint density at radius 1 is 0.947 bits per heavy atom. The molecule has 6 heterocycles. The first-order valence-corrected chi connectivity index (χ1v) is 26.3. The number of aryl methyl sites for hydroxylation is 1. The second-order valence-electron chi connectivity index (χ2n) is 21.4. The molecule has 2 aliphatic carbocycles. The van der Waals surface area contributed by atoms with Crippen LogP contribution in [0.5, 0.6) is 11.5 Å². The lowest BCUT2D eigenvalue weighted by atomic mass is 9.72. The minimum Gasteiger partial charge on any atom is -0.488 e. The Labute approximate surface area is 435 Å². The molecule has 5 amide bonds. The molecule has 15 nitrogen and oxygen atoms in total. The molecule has 5 aliphatic heterocycles. The third-order valence-electron chi connectivity index (χ3n) is 17.1. The molecule has 2 atom stereocenters. The van der Waals surface area contributed by atoms with Crippen molar-refractivity contribution in [1.82, 2.24) is 30.2 Å². The fourth-order valence-corrected chi connectivity index (χ4v) is 13.6. The highest BCUT2D eigenvalue weighted by atomic mass is 35.5. The standard InChI is InChI=1S/C55H59ClF4N8O7/c1-29-42-40(23-38(58)46(56)45(42)44-35(50(61)71)12-13-39(47(44)59)74-21-20-69)75-55(29,33-6-4-3-5-7-33)27-62-34-10-8-32(9-11-34)52(72)68-26-30-24-54(68,25-30)28-66-17-14-31(15-18-66)43-37(57)22-36-49(48(43)60)65(2)64-51(36)67-19-16-41(70)63-53(67)73/h3-7,12-13,22-23,29-32,34,62,69H,8-11,14-21,24-28H2,1-2H3,(H2,61,71)(H,63,70,73). The number of primary amides is 1. The number of carbonyl (C=O) groups is 4. The number of rotatable bonds is 14. The number of nitrogens with two attached hydrogens (primary N) is 1. The van der Waals surface area contributed by atoms with E-state index in [2.05, 4.69) is 25.5 Å². The number of imide groups is 1. The average Bonchev–Trinajstić information content (AvgIpc) is 4.14. The molecule has 20 heteroatoms. The molecule has 2 saturated carbocycles. The molecule has 2 bridgehead atoms. The molecule has 7 aliphatic rings. The van der Waals surface area contributed by atoms with Gasteiger partial charge in [0.2, 0.25) is 17.7 Å². The highest BCUT2D eigenvalue weighted by molar-refractivity contribution is 6.34. The second-order valence-corrected chi connectivity index (χ2v) is 21.8. The van der Waals surface area contributed by atoms with Gasteiger partial charge in [0, 0.05) is 85.8 Å². The van der Waals surface area contributed by atoms with Crippen LogP contribution in [-0.4, -0.2) is 113 Å².